The van der Waals surface area contributed by atoms with Crippen molar-refractivity contribution in [3.63, 3.8) is 0 Å². The number of hydrogen-bond acceptors (Lipinski definition) is 5. The van der Waals surface area contributed by atoms with Crippen LogP contribution in [-0.2, 0) is 13.1 Å². The summed E-state index contributed by atoms with van der Waals surface area (Å²) in [6.45, 7) is 1.19. The highest BCUT2D eigenvalue weighted by Crippen LogP contribution is 2.29. The third kappa shape index (κ3) is 3.41. The summed E-state index contributed by atoms with van der Waals surface area (Å²) >= 11 is 0. The van der Waals surface area contributed by atoms with Crippen molar-refractivity contribution >= 4 is 11.0 Å². The van der Waals surface area contributed by atoms with Crippen molar-refractivity contribution in [3.8, 4) is 22.4 Å². The first-order valence-corrected chi connectivity index (χ1v) is 9.35. The highest BCUT2D eigenvalue weighted by Gasteiger charge is 2.13. The molecule has 29 heavy (non-hydrogen) atoms. The number of nitrogens with zero attached hydrogens (tertiary/aromatic N) is 6. The van der Waals surface area contributed by atoms with E-state index in [0.29, 0.717) is 13.1 Å². The first kappa shape index (κ1) is 17.3. The first-order chi connectivity index (χ1) is 14.3. The molecule has 0 aliphatic rings. The van der Waals surface area contributed by atoms with Gasteiger partial charge in [0, 0.05) is 40.7 Å². The number of aliphatic hydroxyl groups excluding tert-OH is 1. The molecule has 0 spiro atoms. The van der Waals surface area contributed by atoms with Crippen molar-refractivity contribution in [2.24, 2.45) is 0 Å². The van der Waals surface area contributed by atoms with Crippen molar-refractivity contribution < 1.29 is 5.11 Å². The van der Waals surface area contributed by atoms with Gasteiger partial charge in [0.05, 0.1) is 32.1 Å². The van der Waals surface area contributed by atoms with E-state index in [1.165, 1.54) is 5.56 Å². The van der Waals surface area contributed by atoms with Crippen LogP contribution in [0.2, 0.25) is 0 Å². The van der Waals surface area contributed by atoms with Crippen LogP contribution in [0.25, 0.3) is 33.4 Å². The summed E-state index contributed by atoms with van der Waals surface area (Å²) in [7, 11) is 0. The molecule has 144 valence electrons. The summed E-state index contributed by atoms with van der Waals surface area (Å²) in [4.78, 5) is 7.74. The zero-order chi connectivity index (χ0) is 19.6. The van der Waals surface area contributed by atoms with E-state index in [0.717, 1.165) is 33.4 Å². The number of aromatic nitrogens is 7. The Morgan fingerprint density at radius 3 is 2.76 bits per heavy atom. The second-order valence-electron chi connectivity index (χ2n) is 6.83. The van der Waals surface area contributed by atoms with Crippen LogP contribution in [0.5, 0.6) is 0 Å². The molecule has 0 amide bonds. The number of benzene rings is 1. The molecule has 0 aliphatic carbocycles. The molecular formula is C21H19N7O. The first-order valence-electron chi connectivity index (χ1n) is 9.35. The average molecular weight is 385 g/mol. The Labute approximate surface area is 166 Å². The smallest absolute Gasteiger partial charge is 0.137 e. The Bertz CT molecular complexity index is 1250. The van der Waals surface area contributed by atoms with Crippen LogP contribution in [0.4, 0.5) is 0 Å². The van der Waals surface area contributed by atoms with Gasteiger partial charge in [0.2, 0.25) is 0 Å². The summed E-state index contributed by atoms with van der Waals surface area (Å²) in [6.07, 6.45) is 9.35. The number of nitrogens with one attached hydrogen (secondary N) is 1. The molecule has 0 bridgehead atoms. The lowest BCUT2D eigenvalue weighted by Crippen LogP contribution is -2.01. The molecule has 2 N–H and O–H groups in total. The number of fused-ring (bicyclic) bond motifs is 1. The minimum Gasteiger partial charge on any atom is -0.394 e. The molecule has 0 aliphatic heterocycles. The molecule has 0 saturated heterocycles. The fraction of sp³-hybridized carbons (Fsp3) is 0.143. The van der Waals surface area contributed by atoms with Crippen LogP contribution >= 0.6 is 0 Å². The van der Waals surface area contributed by atoms with Gasteiger partial charge in [-0.15, -0.1) is 5.10 Å². The van der Waals surface area contributed by atoms with Crippen molar-refractivity contribution in [1.29, 1.82) is 0 Å². The fourth-order valence-electron chi connectivity index (χ4n) is 3.38. The van der Waals surface area contributed by atoms with Crippen molar-refractivity contribution in [3.05, 3.63) is 72.9 Å². The molecule has 8 nitrogen and oxygen atoms in total. The maximum absolute atomic E-state index is 9.08. The second-order valence-corrected chi connectivity index (χ2v) is 6.83. The highest BCUT2D eigenvalue weighted by molar-refractivity contribution is 5.94. The zero-order valence-electron chi connectivity index (χ0n) is 15.6. The molecular weight excluding hydrogens is 366 g/mol. The molecule has 0 unspecified atom stereocenters. The molecule has 0 atom stereocenters. The number of aromatic amines is 1. The predicted octanol–water partition coefficient (Wildman–Crippen LogP) is 2.73. The Hall–Kier alpha value is -3.78. The number of hydrogen-bond donors (Lipinski definition) is 2. The van der Waals surface area contributed by atoms with Crippen LogP contribution in [0, 0.1) is 0 Å². The second kappa shape index (κ2) is 7.33. The van der Waals surface area contributed by atoms with Gasteiger partial charge < -0.3 is 10.1 Å². The maximum atomic E-state index is 9.08. The van der Waals surface area contributed by atoms with Gasteiger partial charge in [-0.1, -0.05) is 35.5 Å². The fourth-order valence-corrected chi connectivity index (χ4v) is 3.38. The molecule has 1 aromatic carbocycles. The van der Waals surface area contributed by atoms with E-state index >= 15 is 0 Å². The summed E-state index contributed by atoms with van der Waals surface area (Å²) in [5, 5.41) is 23.0. The van der Waals surface area contributed by atoms with Crippen molar-refractivity contribution in [2.75, 3.05) is 6.61 Å². The van der Waals surface area contributed by atoms with Gasteiger partial charge in [-0.25, -0.2) is 9.67 Å². The lowest BCUT2D eigenvalue weighted by atomic mass is 10.1. The van der Waals surface area contributed by atoms with E-state index in [1.54, 1.807) is 10.9 Å². The van der Waals surface area contributed by atoms with Crippen LogP contribution in [0.15, 0.2) is 67.4 Å². The van der Waals surface area contributed by atoms with Crippen LogP contribution in [0.3, 0.4) is 0 Å². The normalized spacial score (nSPS) is 11.3. The van der Waals surface area contributed by atoms with Gasteiger partial charge in [0.15, 0.2) is 0 Å². The van der Waals surface area contributed by atoms with Crippen LogP contribution in [-0.4, -0.2) is 46.5 Å². The van der Waals surface area contributed by atoms with Gasteiger partial charge in [-0.3, -0.25) is 4.68 Å². The molecule has 5 aromatic rings. The van der Waals surface area contributed by atoms with Gasteiger partial charge in [0.25, 0.3) is 0 Å². The average Bonchev–Trinajstić information content (AvgIpc) is 3.48. The van der Waals surface area contributed by atoms with Gasteiger partial charge in [0.1, 0.15) is 11.3 Å². The molecule has 0 saturated carbocycles. The standard InChI is InChI=1S/C21H19N7O/c29-7-6-27-13-17(10-24-27)16-8-18-19(11-23-21(18)22-9-16)20-14-28(26-25-20)12-15-4-2-1-3-5-15/h1-5,8-11,13-14,29H,6-7,12H2,(H,22,23). The Morgan fingerprint density at radius 1 is 1.00 bits per heavy atom. The van der Waals surface area contributed by atoms with E-state index in [1.807, 2.05) is 47.7 Å². The number of aliphatic hydroxyl groups is 1. The van der Waals surface area contributed by atoms with Gasteiger partial charge >= 0.3 is 0 Å². The van der Waals surface area contributed by atoms with Crippen molar-refractivity contribution in [1.82, 2.24) is 34.7 Å². The van der Waals surface area contributed by atoms with E-state index in [-0.39, 0.29) is 6.61 Å². The number of pyridine rings is 1. The van der Waals surface area contributed by atoms with E-state index < -0.39 is 0 Å². The Kier molecular flexibility index (Phi) is 4.38. The minimum atomic E-state index is 0.0546. The van der Waals surface area contributed by atoms with Crippen LogP contribution in [0.1, 0.15) is 5.56 Å². The highest BCUT2D eigenvalue weighted by atomic mass is 16.3. The summed E-state index contributed by atoms with van der Waals surface area (Å²) in [5.41, 5.74) is 5.63. The number of H-pyrrole nitrogens is 1. The summed E-state index contributed by atoms with van der Waals surface area (Å²) < 4.78 is 3.55. The summed E-state index contributed by atoms with van der Waals surface area (Å²) in [5.74, 6) is 0. The molecule has 0 fully saturated rings. The quantitative estimate of drug-likeness (QED) is 0.468. The third-order valence-corrected chi connectivity index (χ3v) is 4.83. The zero-order valence-corrected chi connectivity index (χ0v) is 15.6. The monoisotopic (exact) mass is 385 g/mol. The third-order valence-electron chi connectivity index (χ3n) is 4.83. The minimum absolute atomic E-state index is 0.0546. The van der Waals surface area contributed by atoms with E-state index in [4.69, 9.17) is 5.11 Å². The maximum Gasteiger partial charge on any atom is 0.137 e. The van der Waals surface area contributed by atoms with E-state index in [9.17, 15) is 0 Å². The predicted molar refractivity (Wildman–Crippen MR) is 109 cm³/mol. The Balaban J connectivity index is 1.47. The van der Waals surface area contributed by atoms with E-state index in [2.05, 4.69) is 43.6 Å². The van der Waals surface area contributed by atoms with Crippen LogP contribution < -0.4 is 0 Å². The molecule has 4 aromatic heterocycles. The lowest BCUT2D eigenvalue weighted by molar-refractivity contribution is 0.269. The molecule has 0 radical (unpaired) electrons. The van der Waals surface area contributed by atoms with Gasteiger partial charge in [-0.05, 0) is 11.6 Å². The molecule has 4 heterocycles. The molecule has 8 heteroatoms. The largest absolute Gasteiger partial charge is 0.394 e. The molecule has 5 rings (SSSR count). The Morgan fingerprint density at radius 2 is 1.90 bits per heavy atom. The van der Waals surface area contributed by atoms with Gasteiger partial charge in [-0.2, -0.15) is 5.10 Å². The van der Waals surface area contributed by atoms with Crippen molar-refractivity contribution in [2.45, 2.75) is 13.1 Å². The lowest BCUT2D eigenvalue weighted by Gasteiger charge is -2.00. The SMILES string of the molecule is OCCn1cc(-c2cnc3[nH]cc(-c4cn(Cc5ccccc5)nn4)c3c2)cn1. The summed E-state index contributed by atoms with van der Waals surface area (Å²) in [6, 6.07) is 12.2. The number of rotatable bonds is 6. The topological polar surface area (TPSA) is 97.4 Å².